The SMILES string of the molecule is CNc1ccc(CSc2nc(C)cs2)cn1. The number of rotatable bonds is 4. The van der Waals surface area contributed by atoms with Crippen LogP contribution in [0.2, 0.25) is 0 Å². The quantitative estimate of drug-likeness (QED) is 0.847. The van der Waals surface area contributed by atoms with Crippen molar-refractivity contribution in [2.45, 2.75) is 17.0 Å². The molecule has 0 unspecified atom stereocenters. The van der Waals surface area contributed by atoms with E-state index >= 15 is 0 Å². The van der Waals surface area contributed by atoms with E-state index in [1.54, 1.807) is 23.1 Å². The second-order valence-corrected chi connectivity index (χ2v) is 5.43. The van der Waals surface area contributed by atoms with Crippen molar-refractivity contribution in [3.8, 4) is 0 Å². The number of pyridine rings is 1. The Bertz CT molecular complexity index is 451. The van der Waals surface area contributed by atoms with Gasteiger partial charge in [-0.25, -0.2) is 9.97 Å². The molecule has 2 aromatic heterocycles. The first kappa shape index (κ1) is 11.4. The van der Waals surface area contributed by atoms with Gasteiger partial charge in [-0.15, -0.1) is 11.3 Å². The number of aryl methyl sites for hydroxylation is 1. The molecule has 2 aromatic rings. The van der Waals surface area contributed by atoms with E-state index in [0.717, 1.165) is 21.6 Å². The zero-order valence-electron chi connectivity index (χ0n) is 9.23. The molecule has 0 amide bonds. The maximum atomic E-state index is 4.41. The summed E-state index contributed by atoms with van der Waals surface area (Å²) in [6.07, 6.45) is 1.90. The molecule has 1 N–H and O–H groups in total. The number of hydrogen-bond donors (Lipinski definition) is 1. The molecule has 2 heterocycles. The van der Waals surface area contributed by atoms with E-state index in [9.17, 15) is 0 Å². The van der Waals surface area contributed by atoms with E-state index in [0.29, 0.717) is 0 Å². The van der Waals surface area contributed by atoms with Gasteiger partial charge < -0.3 is 5.32 Å². The van der Waals surface area contributed by atoms with E-state index < -0.39 is 0 Å². The molecule has 0 saturated heterocycles. The van der Waals surface area contributed by atoms with Crippen LogP contribution in [0.25, 0.3) is 0 Å². The first-order chi connectivity index (χ1) is 7.78. The number of nitrogens with one attached hydrogen (secondary N) is 1. The fraction of sp³-hybridized carbons (Fsp3) is 0.273. The predicted molar refractivity (Wildman–Crippen MR) is 70.2 cm³/mol. The zero-order valence-corrected chi connectivity index (χ0v) is 10.9. The normalized spacial score (nSPS) is 10.4. The largest absolute Gasteiger partial charge is 0.373 e. The van der Waals surface area contributed by atoms with Crippen molar-refractivity contribution < 1.29 is 0 Å². The van der Waals surface area contributed by atoms with Gasteiger partial charge in [0.05, 0.1) is 0 Å². The molecule has 0 atom stereocenters. The molecule has 84 valence electrons. The van der Waals surface area contributed by atoms with Gasteiger partial charge in [-0.05, 0) is 18.6 Å². The van der Waals surface area contributed by atoms with Crippen molar-refractivity contribution in [3.63, 3.8) is 0 Å². The Hall–Kier alpha value is -1.07. The third-order valence-electron chi connectivity index (χ3n) is 2.04. The fourth-order valence-electron chi connectivity index (χ4n) is 1.20. The van der Waals surface area contributed by atoms with Gasteiger partial charge >= 0.3 is 0 Å². The molecule has 0 aliphatic rings. The Morgan fingerprint density at radius 3 is 2.88 bits per heavy atom. The Morgan fingerprint density at radius 2 is 2.31 bits per heavy atom. The zero-order chi connectivity index (χ0) is 11.4. The number of thiazole rings is 1. The molecule has 5 heteroatoms. The van der Waals surface area contributed by atoms with Crippen LogP contribution in [-0.2, 0) is 5.75 Å². The minimum absolute atomic E-state index is 0.902. The number of hydrogen-bond acceptors (Lipinski definition) is 5. The van der Waals surface area contributed by atoms with Gasteiger partial charge in [0, 0.05) is 30.1 Å². The monoisotopic (exact) mass is 251 g/mol. The Kier molecular flexibility index (Phi) is 3.79. The molecule has 0 aliphatic carbocycles. The van der Waals surface area contributed by atoms with Crippen molar-refractivity contribution in [2.24, 2.45) is 0 Å². The summed E-state index contributed by atoms with van der Waals surface area (Å²) < 4.78 is 1.12. The summed E-state index contributed by atoms with van der Waals surface area (Å²) in [7, 11) is 1.87. The summed E-state index contributed by atoms with van der Waals surface area (Å²) in [5.74, 6) is 1.82. The van der Waals surface area contributed by atoms with Crippen LogP contribution in [0.3, 0.4) is 0 Å². The average molecular weight is 251 g/mol. The van der Waals surface area contributed by atoms with E-state index in [2.05, 4.69) is 26.7 Å². The third-order valence-corrected chi connectivity index (χ3v) is 4.25. The van der Waals surface area contributed by atoms with Gasteiger partial charge in [0.1, 0.15) is 10.2 Å². The van der Waals surface area contributed by atoms with Gasteiger partial charge in [0.15, 0.2) is 0 Å². The van der Waals surface area contributed by atoms with Gasteiger partial charge in [0.2, 0.25) is 0 Å². The van der Waals surface area contributed by atoms with Crippen molar-refractivity contribution >= 4 is 28.9 Å². The average Bonchev–Trinajstić information content (AvgIpc) is 2.73. The van der Waals surface area contributed by atoms with E-state index in [1.807, 2.05) is 26.2 Å². The molecule has 16 heavy (non-hydrogen) atoms. The summed E-state index contributed by atoms with van der Waals surface area (Å²) in [6.45, 7) is 2.02. The topological polar surface area (TPSA) is 37.8 Å². The van der Waals surface area contributed by atoms with Crippen molar-refractivity contribution in [2.75, 3.05) is 12.4 Å². The van der Waals surface area contributed by atoms with Crippen LogP contribution in [-0.4, -0.2) is 17.0 Å². The van der Waals surface area contributed by atoms with Crippen LogP contribution in [0, 0.1) is 6.92 Å². The molecular weight excluding hydrogens is 238 g/mol. The molecule has 0 spiro atoms. The lowest BCUT2D eigenvalue weighted by atomic mass is 10.3. The molecule has 2 rings (SSSR count). The third kappa shape index (κ3) is 2.96. The second-order valence-electron chi connectivity index (χ2n) is 3.35. The lowest BCUT2D eigenvalue weighted by Crippen LogP contribution is -1.92. The maximum Gasteiger partial charge on any atom is 0.150 e. The van der Waals surface area contributed by atoms with E-state index in [-0.39, 0.29) is 0 Å². The van der Waals surface area contributed by atoms with Crippen LogP contribution in [0.4, 0.5) is 5.82 Å². The highest BCUT2D eigenvalue weighted by Gasteiger charge is 2.01. The maximum absolute atomic E-state index is 4.41. The van der Waals surface area contributed by atoms with Crippen LogP contribution in [0.1, 0.15) is 11.3 Å². The summed E-state index contributed by atoms with van der Waals surface area (Å²) in [4.78, 5) is 8.68. The second kappa shape index (κ2) is 5.32. The van der Waals surface area contributed by atoms with Gasteiger partial charge in [0.25, 0.3) is 0 Å². The van der Waals surface area contributed by atoms with E-state index in [4.69, 9.17) is 0 Å². The number of anilines is 1. The van der Waals surface area contributed by atoms with Crippen LogP contribution < -0.4 is 5.32 Å². The molecule has 0 radical (unpaired) electrons. The minimum atomic E-state index is 0.902. The van der Waals surface area contributed by atoms with Crippen molar-refractivity contribution in [3.05, 3.63) is 35.0 Å². The Balaban J connectivity index is 1.94. The number of nitrogens with zero attached hydrogens (tertiary/aromatic N) is 2. The Labute approximate surface area is 103 Å². The highest BCUT2D eigenvalue weighted by molar-refractivity contribution is 8.00. The summed E-state index contributed by atoms with van der Waals surface area (Å²) >= 11 is 3.45. The molecule has 0 aromatic carbocycles. The van der Waals surface area contributed by atoms with Gasteiger partial charge in [-0.3, -0.25) is 0 Å². The first-order valence-corrected chi connectivity index (χ1v) is 6.82. The fourth-order valence-corrected chi connectivity index (χ4v) is 2.99. The number of aromatic nitrogens is 2. The van der Waals surface area contributed by atoms with Crippen molar-refractivity contribution in [1.29, 1.82) is 0 Å². The highest BCUT2D eigenvalue weighted by Crippen LogP contribution is 2.25. The standard InChI is InChI=1S/C11H13N3S2/c1-8-6-15-11(14-8)16-7-9-3-4-10(12-2)13-5-9/h3-6H,7H2,1-2H3,(H,12,13). The Morgan fingerprint density at radius 1 is 1.44 bits per heavy atom. The smallest absolute Gasteiger partial charge is 0.150 e. The van der Waals surface area contributed by atoms with Crippen LogP contribution >= 0.6 is 23.1 Å². The first-order valence-electron chi connectivity index (χ1n) is 4.95. The summed E-state index contributed by atoms with van der Waals surface area (Å²) in [5, 5.41) is 5.08. The van der Waals surface area contributed by atoms with Crippen molar-refractivity contribution in [1.82, 2.24) is 9.97 Å². The molecule has 0 aliphatic heterocycles. The van der Waals surface area contributed by atoms with E-state index in [1.165, 1.54) is 5.56 Å². The summed E-state index contributed by atoms with van der Waals surface area (Å²) in [5.41, 5.74) is 2.31. The van der Waals surface area contributed by atoms with Crippen LogP contribution in [0.15, 0.2) is 28.0 Å². The highest BCUT2D eigenvalue weighted by atomic mass is 32.2. The van der Waals surface area contributed by atoms with Crippen LogP contribution in [0.5, 0.6) is 0 Å². The lowest BCUT2D eigenvalue weighted by molar-refractivity contribution is 1.15. The van der Waals surface area contributed by atoms with Gasteiger partial charge in [-0.1, -0.05) is 17.8 Å². The predicted octanol–water partition coefficient (Wildman–Crippen LogP) is 3.18. The summed E-state index contributed by atoms with van der Waals surface area (Å²) in [6, 6.07) is 4.08. The molecule has 3 nitrogen and oxygen atoms in total. The minimum Gasteiger partial charge on any atom is -0.373 e. The lowest BCUT2D eigenvalue weighted by Gasteiger charge is -2.01. The molecule has 0 saturated carbocycles. The van der Waals surface area contributed by atoms with Gasteiger partial charge in [-0.2, -0.15) is 0 Å². The molecule has 0 fully saturated rings. The number of thioether (sulfide) groups is 1. The molecular formula is C11H13N3S2. The molecule has 0 bridgehead atoms.